The lowest BCUT2D eigenvalue weighted by atomic mass is 9.96. The summed E-state index contributed by atoms with van der Waals surface area (Å²) in [7, 11) is 0. The Hall–Kier alpha value is -2.67. The van der Waals surface area contributed by atoms with E-state index < -0.39 is 0 Å². The highest BCUT2D eigenvalue weighted by molar-refractivity contribution is 6.33. The fourth-order valence-electron chi connectivity index (χ4n) is 4.56. The van der Waals surface area contributed by atoms with Gasteiger partial charge in [-0.3, -0.25) is 9.69 Å². The molecule has 0 unspecified atom stereocenters. The van der Waals surface area contributed by atoms with E-state index in [4.69, 9.17) is 16.3 Å². The van der Waals surface area contributed by atoms with E-state index in [1.165, 1.54) is 0 Å². The van der Waals surface area contributed by atoms with Gasteiger partial charge in [0.15, 0.2) is 0 Å². The molecule has 1 saturated carbocycles. The first kappa shape index (κ1) is 23.5. The number of ether oxygens (including phenoxy) is 1. The van der Waals surface area contributed by atoms with Gasteiger partial charge in [-0.2, -0.15) is 0 Å². The van der Waals surface area contributed by atoms with Crippen LogP contribution >= 0.6 is 11.6 Å². The Balaban J connectivity index is 1.45. The molecule has 1 saturated heterocycles. The molecule has 2 heterocycles. The summed E-state index contributed by atoms with van der Waals surface area (Å²) in [5, 5.41) is 3.53. The average Bonchev–Trinajstić information content (AvgIpc) is 3.43. The van der Waals surface area contributed by atoms with Crippen molar-refractivity contribution in [2.24, 2.45) is 5.92 Å². The number of anilines is 1. The van der Waals surface area contributed by atoms with Crippen molar-refractivity contribution in [2.75, 3.05) is 11.5 Å². The molecule has 0 radical (unpaired) electrons. The zero-order valence-corrected chi connectivity index (χ0v) is 20.1. The Labute approximate surface area is 199 Å². The smallest absolute Gasteiger partial charge is 0.415 e. The molecule has 33 heavy (non-hydrogen) atoms. The van der Waals surface area contributed by atoms with Gasteiger partial charge in [-0.1, -0.05) is 51.3 Å². The maximum atomic E-state index is 12.6. The summed E-state index contributed by atoms with van der Waals surface area (Å²) in [5.74, 6) is 1.42. The minimum atomic E-state index is -0.371. The van der Waals surface area contributed by atoms with Gasteiger partial charge in [0.2, 0.25) is 0 Å². The van der Waals surface area contributed by atoms with Gasteiger partial charge in [-0.05, 0) is 48.4 Å². The predicted molar refractivity (Wildman–Crippen MR) is 128 cm³/mol. The lowest BCUT2D eigenvalue weighted by Crippen LogP contribution is -2.37. The number of amides is 2. The van der Waals surface area contributed by atoms with Gasteiger partial charge in [0, 0.05) is 18.7 Å². The molecule has 4 rings (SSSR count). The molecule has 1 N–H and O–H groups in total. The summed E-state index contributed by atoms with van der Waals surface area (Å²) in [4.78, 5) is 35.5. The second-order valence-electron chi connectivity index (χ2n) is 9.39. The molecule has 2 atom stereocenters. The van der Waals surface area contributed by atoms with Crippen molar-refractivity contribution in [1.29, 1.82) is 0 Å². The number of hydrogen-bond acceptors (Lipinski definition) is 5. The fourth-order valence-corrected chi connectivity index (χ4v) is 4.83. The van der Waals surface area contributed by atoms with E-state index in [0.717, 1.165) is 31.2 Å². The van der Waals surface area contributed by atoms with Crippen LogP contribution in [0, 0.1) is 5.92 Å². The monoisotopic (exact) mass is 470 g/mol. The van der Waals surface area contributed by atoms with Crippen LogP contribution in [0.1, 0.15) is 74.1 Å². The molecule has 1 aromatic carbocycles. The zero-order valence-electron chi connectivity index (χ0n) is 19.4. The molecule has 2 aliphatic rings. The number of carbonyl (C=O) groups excluding carboxylic acids is 2. The van der Waals surface area contributed by atoms with Crippen LogP contribution < -0.4 is 10.2 Å². The van der Waals surface area contributed by atoms with Gasteiger partial charge in [0.05, 0.1) is 16.6 Å². The Morgan fingerprint density at radius 1 is 1.24 bits per heavy atom. The van der Waals surface area contributed by atoms with Crippen LogP contribution in [0.25, 0.3) is 0 Å². The Morgan fingerprint density at radius 2 is 2.00 bits per heavy atom. The van der Waals surface area contributed by atoms with Crippen LogP contribution in [0.5, 0.6) is 0 Å². The number of benzene rings is 1. The third-order valence-corrected chi connectivity index (χ3v) is 6.91. The lowest BCUT2D eigenvalue weighted by molar-refractivity contribution is 0.0938. The topological polar surface area (TPSA) is 84.4 Å². The first-order chi connectivity index (χ1) is 15.8. The summed E-state index contributed by atoms with van der Waals surface area (Å²) in [5.41, 5.74) is 1.51. The van der Waals surface area contributed by atoms with Gasteiger partial charge in [0.1, 0.15) is 18.2 Å². The molecule has 176 valence electrons. The quantitative estimate of drug-likeness (QED) is 0.606. The number of hydrogen-bond donors (Lipinski definition) is 1. The zero-order chi connectivity index (χ0) is 23.5. The molecular formula is C25H31ClN4O3. The lowest BCUT2D eigenvalue weighted by Gasteiger charge is -2.23. The second kappa shape index (κ2) is 10.1. The molecule has 2 fully saturated rings. The van der Waals surface area contributed by atoms with Gasteiger partial charge < -0.3 is 10.1 Å². The van der Waals surface area contributed by atoms with Crippen LogP contribution in [0.3, 0.4) is 0 Å². The molecular weight excluding hydrogens is 440 g/mol. The summed E-state index contributed by atoms with van der Waals surface area (Å²) in [6.07, 6.45) is 6.27. The largest absolute Gasteiger partial charge is 0.447 e. The number of aromatic nitrogens is 2. The van der Waals surface area contributed by atoms with Crippen LogP contribution in [0.4, 0.5) is 10.6 Å². The summed E-state index contributed by atoms with van der Waals surface area (Å²) in [6, 6.07) is 7.54. The van der Waals surface area contributed by atoms with E-state index in [1.807, 2.05) is 12.1 Å². The van der Waals surface area contributed by atoms with Gasteiger partial charge >= 0.3 is 6.09 Å². The Kier molecular flexibility index (Phi) is 7.17. The van der Waals surface area contributed by atoms with Crippen LogP contribution in [0.2, 0.25) is 5.02 Å². The van der Waals surface area contributed by atoms with Crippen molar-refractivity contribution in [2.45, 2.75) is 70.9 Å². The minimum Gasteiger partial charge on any atom is -0.447 e. The van der Waals surface area contributed by atoms with Crippen molar-refractivity contribution in [1.82, 2.24) is 15.3 Å². The number of halogens is 1. The van der Waals surface area contributed by atoms with Crippen LogP contribution in [-0.2, 0) is 11.2 Å². The highest BCUT2D eigenvalue weighted by Gasteiger charge is 2.37. The molecule has 7 nitrogen and oxygen atoms in total. The van der Waals surface area contributed by atoms with E-state index in [2.05, 4.69) is 36.1 Å². The third-order valence-electron chi connectivity index (χ3n) is 6.60. The molecule has 1 aromatic heterocycles. The number of nitrogens with one attached hydrogen (secondary N) is 1. The molecule has 8 heteroatoms. The molecule has 2 amide bonds. The van der Waals surface area contributed by atoms with E-state index >= 15 is 0 Å². The van der Waals surface area contributed by atoms with E-state index in [1.54, 1.807) is 23.2 Å². The molecule has 0 spiro atoms. The summed E-state index contributed by atoms with van der Waals surface area (Å²) in [6.45, 7) is 6.56. The van der Waals surface area contributed by atoms with Crippen molar-refractivity contribution in [3.8, 4) is 0 Å². The maximum absolute atomic E-state index is 12.6. The molecule has 1 aliphatic heterocycles. The minimum absolute atomic E-state index is 0.0422. The van der Waals surface area contributed by atoms with Gasteiger partial charge in [0.25, 0.3) is 5.91 Å². The highest BCUT2D eigenvalue weighted by atomic mass is 35.5. The van der Waals surface area contributed by atoms with Gasteiger partial charge in [-0.25, -0.2) is 14.8 Å². The van der Waals surface area contributed by atoms with Crippen molar-refractivity contribution in [3.05, 3.63) is 52.4 Å². The number of cyclic esters (lactones) is 1. The fraction of sp³-hybridized carbons (Fsp3) is 0.520. The average molecular weight is 471 g/mol. The maximum Gasteiger partial charge on any atom is 0.415 e. The SMILES string of the molecule is CC(C)[C@H]1COC(=O)N1c1ccnc(C[C@@H](C)c2ccc(C(=O)NC3CCCC3)c(Cl)c2)n1. The van der Waals surface area contributed by atoms with Crippen molar-refractivity contribution in [3.63, 3.8) is 0 Å². The van der Waals surface area contributed by atoms with Crippen molar-refractivity contribution >= 4 is 29.4 Å². The van der Waals surface area contributed by atoms with E-state index in [9.17, 15) is 9.59 Å². The van der Waals surface area contributed by atoms with Crippen molar-refractivity contribution < 1.29 is 14.3 Å². The Morgan fingerprint density at radius 3 is 2.70 bits per heavy atom. The van der Waals surface area contributed by atoms with Crippen LogP contribution in [-0.4, -0.2) is 40.7 Å². The first-order valence-corrected chi connectivity index (χ1v) is 12.1. The predicted octanol–water partition coefficient (Wildman–Crippen LogP) is 5.13. The first-order valence-electron chi connectivity index (χ1n) is 11.7. The molecule has 1 aliphatic carbocycles. The summed E-state index contributed by atoms with van der Waals surface area (Å²) >= 11 is 6.48. The van der Waals surface area contributed by atoms with E-state index in [0.29, 0.717) is 35.3 Å². The molecule has 0 bridgehead atoms. The highest BCUT2D eigenvalue weighted by Crippen LogP contribution is 2.28. The van der Waals surface area contributed by atoms with Crippen LogP contribution in [0.15, 0.2) is 30.5 Å². The Bertz CT molecular complexity index is 1020. The number of nitrogens with zero attached hydrogens (tertiary/aromatic N) is 3. The van der Waals surface area contributed by atoms with E-state index in [-0.39, 0.29) is 35.9 Å². The third kappa shape index (κ3) is 5.29. The molecule has 2 aromatic rings. The normalized spacial score (nSPS) is 19.7. The standard InChI is InChI=1S/C25H31ClN4O3/c1-15(2)21-14-33-25(32)30(21)23-10-11-27-22(29-23)12-16(3)17-8-9-19(20(26)13-17)24(31)28-18-6-4-5-7-18/h8-11,13,15-16,18,21H,4-7,12,14H2,1-3H3,(H,28,31)/t16-,21-/m1/s1. The second-order valence-corrected chi connectivity index (χ2v) is 9.80. The number of rotatable bonds is 7. The summed E-state index contributed by atoms with van der Waals surface area (Å²) < 4.78 is 5.25. The number of carbonyl (C=O) groups is 2. The van der Waals surface area contributed by atoms with Gasteiger partial charge in [-0.15, -0.1) is 0 Å².